The number of nitrogens with zero attached hydrogens (tertiary/aromatic N) is 2. The fourth-order valence-corrected chi connectivity index (χ4v) is 3.25. The highest BCUT2D eigenvalue weighted by Gasteiger charge is 2.34. The van der Waals surface area contributed by atoms with Gasteiger partial charge < -0.3 is 10.1 Å². The number of nitrogens with one attached hydrogen (secondary N) is 1. The van der Waals surface area contributed by atoms with Crippen molar-refractivity contribution in [2.24, 2.45) is 0 Å². The van der Waals surface area contributed by atoms with E-state index >= 15 is 0 Å². The Morgan fingerprint density at radius 2 is 2.17 bits per heavy atom. The summed E-state index contributed by atoms with van der Waals surface area (Å²) in [5, 5.41) is 4.48. The Balaban J connectivity index is 1.97. The molecule has 1 aliphatic rings. The summed E-state index contributed by atoms with van der Waals surface area (Å²) in [7, 11) is 0. The lowest BCUT2D eigenvalue weighted by atomic mass is 9.86. The zero-order chi connectivity index (χ0) is 13.0. The van der Waals surface area contributed by atoms with Gasteiger partial charge in [-0.05, 0) is 25.7 Å². The smallest absolute Gasteiger partial charge is 0.202 e. The summed E-state index contributed by atoms with van der Waals surface area (Å²) in [6, 6.07) is 0.469. The Labute approximate surface area is 113 Å². The molecule has 2 rings (SSSR count). The van der Waals surface area contributed by atoms with Gasteiger partial charge in [0.05, 0.1) is 5.60 Å². The third-order valence-electron chi connectivity index (χ3n) is 3.89. The van der Waals surface area contributed by atoms with Crippen LogP contribution in [0.1, 0.15) is 52.3 Å². The molecule has 0 radical (unpaired) electrons. The van der Waals surface area contributed by atoms with Gasteiger partial charge in [-0.25, -0.2) is 4.98 Å². The van der Waals surface area contributed by atoms with Crippen LogP contribution in [0.4, 0.5) is 5.13 Å². The number of hydrogen-bond donors (Lipinski definition) is 1. The Morgan fingerprint density at radius 3 is 2.78 bits per heavy atom. The van der Waals surface area contributed by atoms with Crippen LogP contribution in [0.15, 0.2) is 0 Å². The fourth-order valence-electron chi connectivity index (χ4n) is 2.52. The van der Waals surface area contributed by atoms with E-state index in [1.165, 1.54) is 11.5 Å². The van der Waals surface area contributed by atoms with E-state index in [9.17, 15) is 0 Å². The van der Waals surface area contributed by atoms with Crippen LogP contribution in [0.3, 0.4) is 0 Å². The molecule has 0 spiro atoms. The van der Waals surface area contributed by atoms with Crippen molar-refractivity contribution in [3.05, 3.63) is 5.82 Å². The first-order valence-electron chi connectivity index (χ1n) is 6.94. The average Bonchev–Trinajstić information content (AvgIpc) is 2.86. The molecule has 1 fully saturated rings. The molecule has 4 nitrogen and oxygen atoms in total. The molecule has 1 aromatic heterocycles. The first kappa shape index (κ1) is 13.7. The predicted molar refractivity (Wildman–Crippen MR) is 75.2 cm³/mol. The lowest BCUT2D eigenvalue weighted by Gasteiger charge is -2.40. The Kier molecular flexibility index (Phi) is 4.56. The summed E-state index contributed by atoms with van der Waals surface area (Å²) in [5.74, 6) is 0.937. The van der Waals surface area contributed by atoms with Gasteiger partial charge in [-0.15, -0.1) is 0 Å². The lowest BCUT2D eigenvalue weighted by Crippen LogP contribution is -2.43. The van der Waals surface area contributed by atoms with Gasteiger partial charge in [0.15, 0.2) is 0 Å². The van der Waals surface area contributed by atoms with Crippen molar-refractivity contribution in [1.29, 1.82) is 0 Å². The van der Waals surface area contributed by atoms with Crippen molar-refractivity contribution in [3.63, 3.8) is 0 Å². The zero-order valence-electron chi connectivity index (χ0n) is 11.5. The third-order valence-corrected chi connectivity index (χ3v) is 4.58. The van der Waals surface area contributed by atoms with Crippen molar-refractivity contribution in [2.45, 2.75) is 64.5 Å². The summed E-state index contributed by atoms with van der Waals surface area (Å²) in [6.45, 7) is 7.36. The van der Waals surface area contributed by atoms with Crippen LogP contribution < -0.4 is 5.32 Å². The second-order valence-corrected chi connectivity index (χ2v) is 5.69. The Bertz CT molecular complexity index is 376. The maximum Gasteiger partial charge on any atom is 0.202 e. The number of rotatable bonds is 5. The molecule has 0 bridgehead atoms. The maximum atomic E-state index is 5.99. The molecule has 1 atom stereocenters. The van der Waals surface area contributed by atoms with E-state index in [-0.39, 0.29) is 5.60 Å². The molecular weight excluding hydrogens is 246 g/mol. The van der Waals surface area contributed by atoms with Crippen LogP contribution in [0.5, 0.6) is 0 Å². The predicted octanol–water partition coefficient (Wildman–Crippen LogP) is 3.25. The van der Waals surface area contributed by atoms with Crippen LogP contribution in [-0.4, -0.2) is 27.6 Å². The van der Waals surface area contributed by atoms with E-state index in [1.54, 1.807) is 0 Å². The van der Waals surface area contributed by atoms with Gasteiger partial charge in [-0.3, -0.25) is 0 Å². The monoisotopic (exact) mass is 269 g/mol. The highest BCUT2D eigenvalue weighted by Crippen LogP contribution is 2.32. The Hall–Kier alpha value is -0.680. The number of anilines is 1. The van der Waals surface area contributed by atoms with Gasteiger partial charge in [-0.1, -0.05) is 20.8 Å². The van der Waals surface area contributed by atoms with Gasteiger partial charge >= 0.3 is 0 Å². The third kappa shape index (κ3) is 3.01. The SMILES string of the molecule is CCc1nsc(NC2CCOC(CC)(CC)C2)n1. The molecular formula is C13H23N3OS. The molecule has 0 aliphatic carbocycles. The first-order valence-corrected chi connectivity index (χ1v) is 7.71. The topological polar surface area (TPSA) is 47.0 Å². The van der Waals surface area contributed by atoms with Crippen molar-refractivity contribution in [1.82, 2.24) is 9.36 Å². The van der Waals surface area contributed by atoms with Gasteiger partial charge in [0.1, 0.15) is 5.82 Å². The minimum Gasteiger partial charge on any atom is -0.375 e. The Morgan fingerprint density at radius 1 is 1.39 bits per heavy atom. The molecule has 2 heterocycles. The molecule has 1 unspecified atom stereocenters. The summed E-state index contributed by atoms with van der Waals surface area (Å²) >= 11 is 1.47. The minimum absolute atomic E-state index is 0.0637. The van der Waals surface area contributed by atoms with Crippen LogP contribution in [0.2, 0.25) is 0 Å². The van der Waals surface area contributed by atoms with Gasteiger partial charge in [-0.2, -0.15) is 4.37 Å². The molecule has 102 valence electrons. The molecule has 1 aliphatic heterocycles. The standard InChI is InChI=1S/C13H23N3OS/c1-4-11-15-12(18-16-11)14-10-7-8-17-13(5-2,6-3)9-10/h10H,4-9H2,1-3H3,(H,14,15,16). The van der Waals surface area contributed by atoms with Crippen LogP contribution >= 0.6 is 11.5 Å². The number of hydrogen-bond acceptors (Lipinski definition) is 5. The number of aromatic nitrogens is 2. The summed E-state index contributed by atoms with van der Waals surface area (Å²) in [4.78, 5) is 4.48. The maximum absolute atomic E-state index is 5.99. The van der Waals surface area contributed by atoms with Gasteiger partial charge in [0.2, 0.25) is 5.13 Å². The second-order valence-electron chi connectivity index (χ2n) is 4.94. The van der Waals surface area contributed by atoms with Crippen LogP contribution in [0, 0.1) is 0 Å². The van der Waals surface area contributed by atoms with Gasteiger partial charge in [0, 0.05) is 30.6 Å². The summed E-state index contributed by atoms with van der Waals surface area (Å²) in [6.07, 6.45) is 5.19. The quantitative estimate of drug-likeness (QED) is 0.891. The highest BCUT2D eigenvalue weighted by atomic mass is 32.1. The van der Waals surface area contributed by atoms with E-state index in [4.69, 9.17) is 4.74 Å². The fraction of sp³-hybridized carbons (Fsp3) is 0.846. The van der Waals surface area contributed by atoms with Gasteiger partial charge in [0.25, 0.3) is 0 Å². The molecule has 1 aromatic rings. The molecule has 1 N–H and O–H groups in total. The number of ether oxygens (including phenoxy) is 1. The molecule has 0 saturated carbocycles. The van der Waals surface area contributed by atoms with Crippen molar-refractivity contribution in [3.8, 4) is 0 Å². The van der Waals surface area contributed by atoms with Crippen LogP contribution in [0.25, 0.3) is 0 Å². The first-order chi connectivity index (χ1) is 8.71. The molecule has 5 heteroatoms. The van der Waals surface area contributed by atoms with Crippen molar-refractivity contribution >= 4 is 16.7 Å². The summed E-state index contributed by atoms with van der Waals surface area (Å²) in [5.41, 5.74) is 0.0637. The molecule has 0 amide bonds. The van der Waals surface area contributed by atoms with Crippen molar-refractivity contribution in [2.75, 3.05) is 11.9 Å². The minimum atomic E-state index is 0.0637. The normalized spacial score (nSPS) is 22.9. The lowest BCUT2D eigenvalue weighted by molar-refractivity contribution is -0.0864. The average molecular weight is 269 g/mol. The second kappa shape index (κ2) is 5.97. The van der Waals surface area contributed by atoms with E-state index in [2.05, 4.69) is 35.4 Å². The van der Waals surface area contributed by atoms with E-state index < -0.39 is 0 Å². The largest absolute Gasteiger partial charge is 0.375 e. The molecule has 1 saturated heterocycles. The zero-order valence-corrected chi connectivity index (χ0v) is 12.3. The number of aryl methyl sites for hydroxylation is 1. The van der Waals surface area contributed by atoms with E-state index in [0.29, 0.717) is 6.04 Å². The molecule has 18 heavy (non-hydrogen) atoms. The van der Waals surface area contributed by atoms with E-state index in [1.807, 2.05) is 0 Å². The van der Waals surface area contributed by atoms with Crippen LogP contribution in [-0.2, 0) is 11.2 Å². The molecule has 0 aromatic carbocycles. The summed E-state index contributed by atoms with van der Waals surface area (Å²) < 4.78 is 10.3. The van der Waals surface area contributed by atoms with E-state index in [0.717, 1.165) is 49.7 Å². The van der Waals surface area contributed by atoms with Crippen molar-refractivity contribution < 1.29 is 4.74 Å². The highest BCUT2D eigenvalue weighted by molar-refractivity contribution is 7.09.